The van der Waals surface area contributed by atoms with Crippen LogP contribution < -0.4 is 9.41 Å². The maximum absolute atomic E-state index is 2.35. The summed E-state index contributed by atoms with van der Waals surface area (Å²) in [6.45, 7) is 4.57. The third-order valence-corrected chi connectivity index (χ3v) is 7.19. The molecule has 0 saturated carbocycles. The second-order valence-electron chi connectivity index (χ2n) is 4.05. The van der Waals surface area contributed by atoms with Crippen molar-refractivity contribution in [1.82, 2.24) is 0 Å². The van der Waals surface area contributed by atoms with Gasteiger partial charge in [0, 0.05) is 0 Å². The Morgan fingerprint density at radius 2 is 1.29 bits per heavy atom. The van der Waals surface area contributed by atoms with Crippen LogP contribution >= 0.6 is 0 Å². The predicted molar refractivity (Wildman–Crippen MR) is 62.1 cm³/mol. The number of hydrogen-bond acceptors (Lipinski definition) is 0. The molecule has 0 atom stereocenters. The molecule has 0 aromatic carbocycles. The molecule has 2 rings (SSSR count). The van der Waals surface area contributed by atoms with Gasteiger partial charge in [0.1, 0.15) is 0 Å². The van der Waals surface area contributed by atoms with Crippen molar-refractivity contribution in [2.75, 3.05) is 0 Å². The van der Waals surface area contributed by atoms with E-state index in [0.717, 1.165) is 0 Å². The van der Waals surface area contributed by atoms with Crippen LogP contribution in [0.15, 0.2) is 42.0 Å². The molecule has 0 spiro atoms. The molecular formula is C14H18F2Zr. The molecule has 3 heteroatoms. The van der Waals surface area contributed by atoms with Gasteiger partial charge in [0.2, 0.25) is 0 Å². The minimum absolute atomic E-state index is 0. The first-order valence-corrected chi connectivity index (χ1v) is 8.35. The third-order valence-electron chi connectivity index (χ3n) is 3.12. The molecule has 0 nitrogen and oxygen atoms in total. The summed E-state index contributed by atoms with van der Waals surface area (Å²) in [4.78, 5) is 0. The topological polar surface area (TPSA) is 0 Å². The minimum atomic E-state index is -0.417. The van der Waals surface area contributed by atoms with Crippen molar-refractivity contribution < 1.29 is 32.6 Å². The van der Waals surface area contributed by atoms with E-state index in [9.17, 15) is 0 Å². The summed E-state index contributed by atoms with van der Waals surface area (Å²) >= 11 is -0.417. The van der Waals surface area contributed by atoms with Crippen molar-refractivity contribution in [2.24, 2.45) is 0 Å². The Labute approximate surface area is 114 Å². The predicted octanol–water partition coefficient (Wildman–Crippen LogP) is -1.68. The van der Waals surface area contributed by atoms with Gasteiger partial charge in [-0.3, -0.25) is 0 Å². The van der Waals surface area contributed by atoms with E-state index in [4.69, 9.17) is 0 Å². The molecule has 17 heavy (non-hydrogen) atoms. The molecule has 0 saturated heterocycles. The van der Waals surface area contributed by atoms with Crippen LogP contribution in [0.4, 0.5) is 0 Å². The van der Waals surface area contributed by atoms with Crippen molar-refractivity contribution in [3.8, 4) is 0 Å². The minimum Gasteiger partial charge on any atom is -1.00 e. The van der Waals surface area contributed by atoms with Gasteiger partial charge in [-0.2, -0.15) is 0 Å². The Morgan fingerprint density at radius 1 is 0.882 bits per heavy atom. The number of rotatable bonds is 4. The molecule has 0 aromatic rings. The summed E-state index contributed by atoms with van der Waals surface area (Å²) < 4.78 is 3.65. The van der Waals surface area contributed by atoms with Gasteiger partial charge in [-0.1, -0.05) is 0 Å². The van der Waals surface area contributed by atoms with Crippen molar-refractivity contribution in [2.45, 2.75) is 39.5 Å². The molecule has 0 bridgehead atoms. The van der Waals surface area contributed by atoms with Gasteiger partial charge >= 0.3 is 105 Å². The van der Waals surface area contributed by atoms with Gasteiger partial charge in [0.15, 0.2) is 0 Å². The molecule has 2 aliphatic rings. The Hall–Kier alpha value is -0.297. The summed E-state index contributed by atoms with van der Waals surface area (Å²) in [6.07, 6.45) is 14.4. The zero-order valence-electron chi connectivity index (χ0n) is 10.4. The average Bonchev–Trinajstić information content (AvgIpc) is 2.87. The first-order valence-electron chi connectivity index (χ1n) is 5.89. The summed E-state index contributed by atoms with van der Waals surface area (Å²) in [5.41, 5.74) is 3.30. The zero-order valence-corrected chi connectivity index (χ0v) is 12.9. The molecule has 0 aromatic heterocycles. The number of hydrogen-bond donors (Lipinski definition) is 0. The van der Waals surface area contributed by atoms with E-state index in [1.54, 1.807) is 11.1 Å². The van der Waals surface area contributed by atoms with Crippen molar-refractivity contribution in [3.05, 3.63) is 42.0 Å². The second kappa shape index (κ2) is 7.92. The zero-order chi connectivity index (χ0) is 10.7. The van der Waals surface area contributed by atoms with Crippen LogP contribution in [0.25, 0.3) is 0 Å². The van der Waals surface area contributed by atoms with Crippen LogP contribution in [-0.2, 0) is 23.2 Å². The maximum atomic E-state index is 2.35. The molecule has 0 N–H and O–H groups in total. The van der Waals surface area contributed by atoms with E-state index < -0.39 is 23.2 Å². The van der Waals surface area contributed by atoms with Gasteiger partial charge in [-0.25, -0.2) is 0 Å². The Morgan fingerprint density at radius 3 is 1.65 bits per heavy atom. The molecule has 0 radical (unpaired) electrons. The van der Waals surface area contributed by atoms with Crippen LogP contribution in [0.1, 0.15) is 39.5 Å². The van der Waals surface area contributed by atoms with Crippen LogP contribution in [0.3, 0.4) is 0 Å². The fourth-order valence-corrected chi connectivity index (χ4v) is 6.25. The largest absolute Gasteiger partial charge is 1.00 e. The molecule has 92 valence electrons. The fraction of sp³-hybridized carbons (Fsp3) is 0.429. The van der Waals surface area contributed by atoms with Gasteiger partial charge < -0.3 is 9.41 Å². The summed E-state index contributed by atoms with van der Waals surface area (Å²) in [5.74, 6) is 0. The Balaban J connectivity index is 0.00000128. The Kier molecular flexibility index (Phi) is 7.78. The van der Waals surface area contributed by atoms with E-state index in [1.165, 1.54) is 25.7 Å². The van der Waals surface area contributed by atoms with E-state index in [-0.39, 0.29) is 9.41 Å². The molecular weight excluding hydrogens is 297 g/mol. The van der Waals surface area contributed by atoms with E-state index in [0.29, 0.717) is 0 Å². The third kappa shape index (κ3) is 3.84. The molecule has 2 aliphatic carbocycles. The molecule has 0 unspecified atom stereocenters. The quantitative estimate of drug-likeness (QED) is 0.582. The molecule has 0 heterocycles. The number of halogens is 2. The van der Waals surface area contributed by atoms with Gasteiger partial charge in [0.25, 0.3) is 0 Å². The van der Waals surface area contributed by atoms with Crippen molar-refractivity contribution >= 4 is 0 Å². The smallest absolute Gasteiger partial charge is 1.00 e. The van der Waals surface area contributed by atoms with Crippen LogP contribution in [0, 0.1) is 0 Å². The fourth-order valence-electron chi connectivity index (χ4n) is 2.21. The normalized spacial score (nSPS) is 17.1. The van der Waals surface area contributed by atoms with E-state index >= 15 is 0 Å². The van der Waals surface area contributed by atoms with Crippen LogP contribution in [0.2, 0.25) is 0 Å². The second-order valence-corrected chi connectivity index (χ2v) is 7.63. The monoisotopic (exact) mass is 314 g/mol. The van der Waals surface area contributed by atoms with Crippen molar-refractivity contribution in [3.63, 3.8) is 0 Å². The molecule has 0 aliphatic heterocycles. The van der Waals surface area contributed by atoms with Crippen LogP contribution in [-0.4, -0.2) is 0 Å². The van der Waals surface area contributed by atoms with E-state index in [1.807, 2.05) is 6.56 Å². The Bertz CT molecular complexity index is 340. The molecule has 0 amide bonds. The van der Waals surface area contributed by atoms with Crippen molar-refractivity contribution in [1.29, 1.82) is 0 Å². The summed E-state index contributed by atoms with van der Waals surface area (Å²) in [6, 6.07) is 0. The van der Waals surface area contributed by atoms with Crippen LogP contribution in [0.5, 0.6) is 0 Å². The standard InChI is InChI=1S/2C7H9.2FH.Zr/c2*1-2-7-5-3-4-6-7;;;/h2*3,5H,2,4H2,1H3;2*1H;/q;;;;+2/p-2. The first-order chi connectivity index (χ1) is 7.35. The number of allylic oxidation sites excluding steroid dienone is 8. The maximum Gasteiger partial charge on any atom is -1.00 e. The van der Waals surface area contributed by atoms with Gasteiger partial charge in [-0.05, 0) is 0 Å². The summed E-state index contributed by atoms with van der Waals surface area (Å²) in [5, 5.41) is 0. The average molecular weight is 316 g/mol. The van der Waals surface area contributed by atoms with Gasteiger partial charge in [0.05, 0.1) is 0 Å². The summed E-state index contributed by atoms with van der Waals surface area (Å²) in [7, 11) is 0. The molecule has 0 fully saturated rings. The first kappa shape index (κ1) is 16.7. The van der Waals surface area contributed by atoms with E-state index in [2.05, 4.69) is 38.2 Å². The SMILES string of the molecule is CCC1=[C]([Zr+2][C]2=C(CC)C=CC2)CC=C1.[F-].[F-]. The van der Waals surface area contributed by atoms with Gasteiger partial charge in [-0.15, -0.1) is 0 Å².